The second kappa shape index (κ2) is 10.0. The maximum absolute atomic E-state index is 14.1. The molecule has 0 saturated carbocycles. The molecule has 2 heterocycles. The molecule has 36 heavy (non-hydrogen) atoms. The van der Waals surface area contributed by atoms with E-state index in [2.05, 4.69) is 5.32 Å². The number of sulfonamides is 1. The van der Waals surface area contributed by atoms with Crippen LogP contribution in [0.4, 0.5) is 16.2 Å². The van der Waals surface area contributed by atoms with Crippen LogP contribution < -0.4 is 19.9 Å². The van der Waals surface area contributed by atoms with Gasteiger partial charge in [0, 0.05) is 36.8 Å². The molecule has 1 fully saturated rings. The van der Waals surface area contributed by atoms with Crippen LogP contribution in [0, 0.1) is 0 Å². The molecule has 0 aliphatic carbocycles. The van der Waals surface area contributed by atoms with Crippen LogP contribution in [-0.4, -0.2) is 52.0 Å². The van der Waals surface area contributed by atoms with Crippen LogP contribution in [0.15, 0.2) is 71.6 Å². The van der Waals surface area contributed by atoms with Gasteiger partial charge in [0.25, 0.3) is 10.0 Å². The van der Waals surface area contributed by atoms with Gasteiger partial charge in [-0.2, -0.15) is 0 Å². The van der Waals surface area contributed by atoms with Crippen LogP contribution in [0.5, 0.6) is 5.75 Å². The molecular formula is C26H27ClN4O4S. The second-order valence-corrected chi connectivity index (χ2v) is 10.9. The van der Waals surface area contributed by atoms with Gasteiger partial charge in [0.2, 0.25) is 0 Å². The van der Waals surface area contributed by atoms with Crippen molar-refractivity contribution < 1.29 is 17.9 Å². The van der Waals surface area contributed by atoms with Crippen molar-refractivity contribution in [3.05, 3.63) is 82.9 Å². The zero-order valence-electron chi connectivity index (χ0n) is 19.9. The fourth-order valence-corrected chi connectivity index (χ4v) is 6.61. The summed E-state index contributed by atoms with van der Waals surface area (Å²) in [6.45, 7) is 2.74. The Bertz CT molecular complexity index is 1380. The first-order valence-corrected chi connectivity index (χ1v) is 13.5. The normalized spacial score (nSPS) is 17.2. The molecule has 0 atom stereocenters. The lowest BCUT2D eigenvalue weighted by molar-refractivity contribution is 0.226. The molecule has 10 heteroatoms. The Kier molecular flexibility index (Phi) is 6.79. The predicted octanol–water partition coefficient (Wildman–Crippen LogP) is 4.09. The number of amides is 2. The Labute approximate surface area is 216 Å². The molecule has 0 spiro atoms. The zero-order chi connectivity index (χ0) is 25.3. The molecule has 0 bridgehead atoms. The lowest BCUT2D eigenvalue weighted by Crippen LogP contribution is -2.51. The number of carbonyl (C=O) groups is 1. The molecular weight excluding hydrogens is 500 g/mol. The molecule has 2 aliphatic heterocycles. The van der Waals surface area contributed by atoms with Crippen molar-refractivity contribution in [2.24, 2.45) is 0 Å². The smallest absolute Gasteiger partial charge is 0.339 e. The highest BCUT2D eigenvalue weighted by Crippen LogP contribution is 2.44. The van der Waals surface area contributed by atoms with Gasteiger partial charge in [-0.15, -0.1) is 0 Å². The molecule has 0 radical (unpaired) electrons. The number of piperazine rings is 1. The van der Waals surface area contributed by atoms with Gasteiger partial charge in [0.15, 0.2) is 0 Å². The molecule has 2 amide bonds. The number of nitrogens with zero attached hydrogens (tertiary/aromatic N) is 3. The van der Waals surface area contributed by atoms with E-state index in [1.165, 1.54) is 12.0 Å². The Hall–Kier alpha value is -3.27. The predicted molar refractivity (Wildman–Crippen MR) is 140 cm³/mol. The number of halogens is 1. The molecule has 0 aromatic heterocycles. The molecule has 2 aliphatic rings. The van der Waals surface area contributed by atoms with Gasteiger partial charge in [0.1, 0.15) is 10.6 Å². The topological polar surface area (TPSA) is 82.2 Å². The summed E-state index contributed by atoms with van der Waals surface area (Å²) in [5.41, 5.74) is 2.27. The van der Waals surface area contributed by atoms with E-state index in [1.54, 1.807) is 36.4 Å². The van der Waals surface area contributed by atoms with E-state index < -0.39 is 16.1 Å². The number of urea groups is 1. The van der Waals surface area contributed by atoms with E-state index in [-0.39, 0.29) is 18.0 Å². The van der Waals surface area contributed by atoms with Crippen molar-refractivity contribution in [1.29, 1.82) is 0 Å². The Morgan fingerprint density at radius 3 is 2.33 bits per heavy atom. The summed E-state index contributed by atoms with van der Waals surface area (Å²) in [5.74, 6) is 0.513. The maximum Gasteiger partial charge on any atom is 0.339 e. The first-order valence-electron chi connectivity index (χ1n) is 11.7. The Morgan fingerprint density at radius 2 is 1.61 bits per heavy atom. The van der Waals surface area contributed by atoms with E-state index in [9.17, 15) is 13.2 Å². The monoisotopic (exact) mass is 526 g/mol. The highest BCUT2D eigenvalue weighted by Gasteiger charge is 2.44. The number of anilines is 2. The second-order valence-electron chi connectivity index (χ2n) is 8.69. The Balaban J connectivity index is 1.68. The molecule has 0 unspecified atom stereocenters. The maximum atomic E-state index is 14.1. The van der Waals surface area contributed by atoms with Crippen molar-refractivity contribution in [2.75, 3.05) is 43.1 Å². The summed E-state index contributed by atoms with van der Waals surface area (Å²) < 4.78 is 34.7. The van der Waals surface area contributed by atoms with Gasteiger partial charge in [-0.3, -0.25) is 4.90 Å². The van der Waals surface area contributed by atoms with Gasteiger partial charge in [0.05, 0.1) is 31.6 Å². The van der Waals surface area contributed by atoms with Crippen LogP contribution in [0.2, 0.25) is 5.02 Å². The fourth-order valence-electron chi connectivity index (χ4n) is 4.68. The summed E-state index contributed by atoms with van der Waals surface area (Å²) in [6.07, 6.45) is 0. The van der Waals surface area contributed by atoms with Gasteiger partial charge >= 0.3 is 6.03 Å². The molecule has 1 saturated heterocycles. The van der Waals surface area contributed by atoms with Crippen LogP contribution in [0.25, 0.3) is 0 Å². The third-order valence-corrected chi connectivity index (χ3v) is 8.46. The minimum absolute atomic E-state index is 0.0965. The largest absolute Gasteiger partial charge is 0.496 e. The Morgan fingerprint density at radius 1 is 0.944 bits per heavy atom. The molecule has 5 rings (SSSR count). The van der Waals surface area contributed by atoms with E-state index in [1.807, 2.05) is 35.2 Å². The summed E-state index contributed by atoms with van der Waals surface area (Å²) in [5, 5.41) is 3.67. The highest BCUT2D eigenvalue weighted by molar-refractivity contribution is 7.90. The number of benzene rings is 3. The van der Waals surface area contributed by atoms with E-state index in [0.29, 0.717) is 40.8 Å². The number of nitrogens with one attached hydrogen (secondary N) is 1. The average Bonchev–Trinajstić information content (AvgIpc) is 2.90. The first kappa shape index (κ1) is 24.4. The summed E-state index contributed by atoms with van der Waals surface area (Å²) in [6, 6.07) is 19.2. The van der Waals surface area contributed by atoms with Gasteiger partial charge in [-0.05, 0) is 23.8 Å². The standard InChI is InChI=1S/C26H27ClN4O4S/c1-35-24-10-6-5-9-20(24)18-31-26(32)30(17-19-7-3-2-4-8-19)23-16-21(27)15-22(25(23)36(31,33)34)29-13-11-28-12-14-29/h2-10,15-16,28H,11-14,17-18H2,1H3. The lowest BCUT2D eigenvalue weighted by Gasteiger charge is -2.40. The van der Waals surface area contributed by atoms with E-state index >= 15 is 0 Å². The SMILES string of the molecule is COc1ccccc1CN1C(=O)N(Cc2ccccc2)c2cc(Cl)cc(N3CCNCC3)c2S1(=O)=O. The molecule has 188 valence electrons. The average molecular weight is 527 g/mol. The van der Waals surface area contributed by atoms with Crippen molar-refractivity contribution >= 4 is 39.0 Å². The number of para-hydroxylation sites is 1. The van der Waals surface area contributed by atoms with Gasteiger partial charge in [-0.1, -0.05) is 60.1 Å². The number of hydrogen-bond donors (Lipinski definition) is 1. The zero-order valence-corrected chi connectivity index (χ0v) is 21.4. The number of methoxy groups -OCH3 is 1. The summed E-state index contributed by atoms with van der Waals surface area (Å²) in [7, 11) is -2.69. The minimum atomic E-state index is -4.21. The lowest BCUT2D eigenvalue weighted by atomic mass is 10.1. The van der Waals surface area contributed by atoms with Crippen molar-refractivity contribution in [2.45, 2.75) is 18.0 Å². The summed E-state index contributed by atoms with van der Waals surface area (Å²) in [4.78, 5) is 17.5. The van der Waals surface area contributed by atoms with E-state index in [0.717, 1.165) is 23.0 Å². The fraction of sp³-hybridized carbons (Fsp3) is 0.269. The molecule has 8 nitrogen and oxygen atoms in total. The van der Waals surface area contributed by atoms with Crippen LogP contribution in [0.3, 0.4) is 0 Å². The van der Waals surface area contributed by atoms with Crippen LogP contribution in [-0.2, 0) is 23.1 Å². The quantitative estimate of drug-likeness (QED) is 0.521. The third-order valence-electron chi connectivity index (χ3n) is 6.45. The molecule has 3 aromatic rings. The minimum Gasteiger partial charge on any atom is -0.496 e. The van der Waals surface area contributed by atoms with Gasteiger partial charge < -0.3 is 15.0 Å². The number of carbonyl (C=O) groups excluding carboxylic acids is 1. The number of rotatable bonds is 6. The number of hydrogen-bond acceptors (Lipinski definition) is 6. The molecule has 3 aromatic carbocycles. The van der Waals surface area contributed by atoms with Gasteiger partial charge in [-0.25, -0.2) is 17.5 Å². The number of ether oxygens (including phenoxy) is 1. The number of fused-ring (bicyclic) bond motifs is 1. The first-order chi connectivity index (χ1) is 17.4. The highest BCUT2D eigenvalue weighted by atomic mass is 35.5. The van der Waals surface area contributed by atoms with Crippen molar-refractivity contribution in [3.8, 4) is 5.75 Å². The molecule has 1 N–H and O–H groups in total. The van der Waals surface area contributed by atoms with Crippen LogP contribution >= 0.6 is 11.6 Å². The van der Waals surface area contributed by atoms with Crippen LogP contribution in [0.1, 0.15) is 11.1 Å². The van der Waals surface area contributed by atoms with Crippen molar-refractivity contribution in [3.63, 3.8) is 0 Å². The summed E-state index contributed by atoms with van der Waals surface area (Å²) >= 11 is 6.51. The van der Waals surface area contributed by atoms with Crippen molar-refractivity contribution in [1.82, 2.24) is 9.62 Å². The van der Waals surface area contributed by atoms with E-state index in [4.69, 9.17) is 16.3 Å². The third kappa shape index (κ3) is 4.50.